The van der Waals surface area contributed by atoms with E-state index in [9.17, 15) is 0 Å². The quantitative estimate of drug-likeness (QED) is 0.761. The molecule has 0 heterocycles. The number of rotatable bonds is 2. The molecule has 0 aliphatic rings. The van der Waals surface area contributed by atoms with Crippen LogP contribution >= 0.6 is 48.4 Å². The Morgan fingerprint density at radius 1 is 1.00 bits per heavy atom. The van der Waals surface area contributed by atoms with E-state index in [-0.39, 0.29) is 0 Å². The molecular weight excluding hydrogens is 368 g/mol. The zero-order chi connectivity index (χ0) is 10.0. The van der Waals surface area contributed by atoms with Gasteiger partial charge in [-0.05, 0) is 47.0 Å². The van der Waals surface area contributed by atoms with Crippen LogP contribution in [0.4, 0.5) is 0 Å². The van der Waals surface area contributed by atoms with Crippen molar-refractivity contribution in [1.82, 2.24) is 0 Å². The summed E-state index contributed by atoms with van der Waals surface area (Å²) in [6, 6.07) is 1.98. The summed E-state index contributed by atoms with van der Waals surface area (Å²) in [5.41, 5.74) is 2.07. The topological polar surface area (TPSA) is 18.5 Å². The summed E-state index contributed by atoms with van der Waals surface area (Å²) in [6.07, 6.45) is 0. The number of hydrogen-bond donors (Lipinski definition) is 0. The summed E-state index contributed by atoms with van der Waals surface area (Å²) in [6.45, 7) is 3.93. The van der Waals surface area contributed by atoms with E-state index >= 15 is 0 Å². The summed E-state index contributed by atoms with van der Waals surface area (Å²) in [7, 11) is 0. The molecule has 0 fully saturated rings. The first-order chi connectivity index (χ1) is 6.11. The van der Waals surface area contributed by atoms with Crippen LogP contribution in [0.1, 0.15) is 11.1 Å². The van der Waals surface area contributed by atoms with Crippen LogP contribution in [0.15, 0.2) is 10.5 Å². The fourth-order valence-corrected chi connectivity index (χ4v) is 3.15. The first-order valence-corrected chi connectivity index (χ1v) is 5.57. The van der Waals surface area contributed by atoms with Gasteiger partial charge in [0.05, 0.1) is 0 Å². The minimum atomic E-state index is 0.722. The lowest BCUT2D eigenvalue weighted by Crippen LogP contribution is -1.89. The van der Waals surface area contributed by atoms with Crippen LogP contribution < -0.4 is 7.66 Å². The van der Waals surface area contributed by atoms with Gasteiger partial charge in [-0.3, -0.25) is 0 Å². The Hall–Kier alpha value is 0.260. The van der Waals surface area contributed by atoms with Crippen molar-refractivity contribution in [2.24, 2.45) is 0 Å². The van der Waals surface area contributed by atoms with Crippen LogP contribution in [0, 0.1) is 13.8 Å². The molecule has 0 saturated carbocycles. The van der Waals surface area contributed by atoms with Gasteiger partial charge in [0.1, 0.15) is 4.47 Å². The molecule has 0 amide bonds. The molecule has 0 aliphatic carbocycles. The van der Waals surface area contributed by atoms with Gasteiger partial charge in [-0.1, -0.05) is 0 Å². The van der Waals surface area contributed by atoms with E-state index in [1.54, 1.807) is 0 Å². The van der Waals surface area contributed by atoms with Crippen LogP contribution in [0.25, 0.3) is 0 Å². The highest BCUT2D eigenvalue weighted by atomic mass is 79.9. The zero-order valence-corrected chi connectivity index (χ0v) is 11.8. The summed E-state index contributed by atoms with van der Waals surface area (Å²) in [5, 5.41) is 0. The van der Waals surface area contributed by atoms with Crippen LogP contribution in [-0.4, -0.2) is 0 Å². The highest BCUT2D eigenvalue weighted by molar-refractivity contribution is 9.11. The number of aryl methyl sites for hydroxylation is 2. The largest absolute Gasteiger partial charge is 0.416 e. The second kappa shape index (κ2) is 4.66. The van der Waals surface area contributed by atoms with Gasteiger partial charge >= 0.3 is 0 Å². The predicted molar refractivity (Wildman–Crippen MR) is 62.7 cm³/mol. The first-order valence-electron chi connectivity index (χ1n) is 3.48. The lowest BCUT2D eigenvalue weighted by Gasteiger charge is -2.10. The molecule has 0 spiro atoms. The van der Waals surface area contributed by atoms with Gasteiger partial charge in [-0.2, -0.15) is 0 Å². The highest BCUT2D eigenvalue weighted by Gasteiger charge is 2.14. The SMILES string of the molecule is Cc1cc(C)c(OBr)c(Br)c1OBr. The van der Waals surface area contributed by atoms with E-state index in [0.717, 1.165) is 27.1 Å². The van der Waals surface area contributed by atoms with Crippen molar-refractivity contribution in [3.05, 3.63) is 21.7 Å². The van der Waals surface area contributed by atoms with E-state index in [2.05, 4.69) is 48.4 Å². The Morgan fingerprint density at radius 2 is 1.38 bits per heavy atom. The Morgan fingerprint density at radius 3 is 1.69 bits per heavy atom. The monoisotopic (exact) mass is 372 g/mol. The summed E-state index contributed by atoms with van der Waals surface area (Å²) < 4.78 is 10.9. The van der Waals surface area contributed by atoms with Crippen molar-refractivity contribution in [3.63, 3.8) is 0 Å². The molecular formula is C8H7Br3O2. The van der Waals surface area contributed by atoms with Crippen LogP contribution in [0.5, 0.6) is 11.5 Å². The molecule has 1 aromatic rings. The Bertz CT molecular complexity index is 297. The molecule has 2 nitrogen and oxygen atoms in total. The molecule has 0 radical (unpaired) electrons. The smallest absolute Gasteiger partial charge is 0.179 e. The minimum Gasteiger partial charge on any atom is -0.416 e. The third kappa shape index (κ3) is 2.19. The molecule has 1 aromatic carbocycles. The van der Waals surface area contributed by atoms with Crippen molar-refractivity contribution in [3.8, 4) is 11.5 Å². The van der Waals surface area contributed by atoms with E-state index in [4.69, 9.17) is 7.66 Å². The maximum absolute atomic E-state index is 5.04. The van der Waals surface area contributed by atoms with E-state index in [1.165, 1.54) is 0 Å². The second-order valence-electron chi connectivity index (χ2n) is 2.64. The standard InChI is InChI=1S/C8H7Br3O2/c1-4-3-5(2)8(13-11)6(9)7(4)12-10/h3H,1-2H3. The number of benzene rings is 1. The average Bonchev–Trinajstić information content (AvgIpc) is 2.04. The fourth-order valence-electron chi connectivity index (χ4n) is 1.09. The number of hydrogen-bond acceptors (Lipinski definition) is 2. The van der Waals surface area contributed by atoms with Crippen molar-refractivity contribution in [1.29, 1.82) is 0 Å². The molecule has 0 atom stereocenters. The van der Waals surface area contributed by atoms with Gasteiger partial charge in [-0.15, -0.1) is 0 Å². The predicted octanol–water partition coefficient (Wildman–Crippen LogP) is 4.44. The molecule has 1 rings (SSSR count). The molecule has 0 bridgehead atoms. The normalized spacial score (nSPS) is 9.92. The third-order valence-corrected chi connectivity index (χ3v) is 3.07. The molecule has 13 heavy (non-hydrogen) atoms. The Kier molecular flexibility index (Phi) is 4.06. The van der Waals surface area contributed by atoms with Gasteiger partial charge in [0.25, 0.3) is 0 Å². The van der Waals surface area contributed by atoms with E-state index in [1.807, 2.05) is 19.9 Å². The van der Waals surface area contributed by atoms with Gasteiger partial charge < -0.3 is 7.66 Å². The molecule has 0 unspecified atom stereocenters. The Balaban J connectivity index is 3.39. The van der Waals surface area contributed by atoms with Gasteiger partial charge in [0.15, 0.2) is 44.0 Å². The fraction of sp³-hybridized carbons (Fsp3) is 0.250. The molecule has 5 heteroatoms. The Labute approximate surface area is 103 Å². The van der Waals surface area contributed by atoms with Crippen LogP contribution in [-0.2, 0) is 0 Å². The van der Waals surface area contributed by atoms with Gasteiger partial charge in [-0.25, -0.2) is 0 Å². The highest BCUT2D eigenvalue weighted by Crippen LogP contribution is 2.41. The van der Waals surface area contributed by atoms with E-state index < -0.39 is 0 Å². The molecule has 72 valence electrons. The van der Waals surface area contributed by atoms with Crippen molar-refractivity contribution >= 4 is 48.4 Å². The van der Waals surface area contributed by atoms with Crippen molar-refractivity contribution in [2.75, 3.05) is 0 Å². The lowest BCUT2D eigenvalue weighted by atomic mass is 10.1. The molecule has 0 aromatic heterocycles. The van der Waals surface area contributed by atoms with Crippen molar-refractivity contribution < 1.29 is 7.66 Å². The van der Waals surface area contributed by atoms with Crippen molar-refractivity contribution in [2.45, 2.75) is 13.8 Å². The number of halogens is 3. The van der Waals surface area contributed by atoms with Gasteiger partial charge in [0, 0.05) is 0 Å². The lowest BCUT2D eigenvalue weighted by molar-refractivity contribution is 0.630. The van der Waals surface area contributed by atoms with Gasteiger partial charge in [0.2, 0.25) is 0 Å². The molecule has 0 aliphatic heterocycles. The summed E-state index contributed by atoms with van der Waals surface area (Å²) in [4.78, 5) is 0. The maximum Gasteiger partial charge on any atom is 0.179 e. The van der Waals surface area contributed by atoms with Crippen LogP contribution in [0.3, 0.4) is 0 Å². The summed E-state index contributed by atoms with van der Waals surface area (Å²) in [5.74, 6) is 1.44. The second-order valence-corrected chi connectivity index (χ2v) is 4.08. The zero-order valence-electron chi connectivity index (χ0n) is 7.03. The first kappa shape index (κ1) is 11.3. The summed E-state index contributed by atoms with van der Waals surface area (Å²) >= 11 is 9.29. The molecule has 0 N–H and O–H groups in total. The van der Waals surface area contributed by atoms with E-state index in [0.29, 0.717) is 0 Å². The van der Waals surface area contributed by atoms with Crippen LogP contribution in [0.2, 0.25) is 0 Å². The maximum atomic E-state index is 5.04. The molecule has 0 saturated heterocycles. The third-order valence-electron chi connectivity index (χ3n) is 1.70. The minimum absolute atomic E-state index is 0.722. The average molecular weight is 375 g/mol.